The Kier molecular flexibility index (Phi) is 5.95. The maximum Gasteiger partial charge on any atom is 0.335 e. The van der Waals surface area contributed by atoms with Crippen LogP contribution >= 0.6 is 23.2 Å². The first-order valence-electron chi connectivity index (χ1n) is 13.4. The Balaban J connectivity index is 1.04. The highest BCUT2D eigenvalue weighted by Crippen LogP contribution is 2.57. The van der Waals surface area contributed by atoms with Crippen LogP contribution in [0.1, 0.15) is 79.0 Å². The van der Waals surface area contributed by atoms with Crippen LogP contribution < -0.4 is 4.90 Å². The number of carbonyl (C=O) groups is 1. The number of fused-ring (bicyclic) bond motifs is 2. The average Bonchev–Trinajstić information content (AvgIpc) is 3.58. The Morgan fingerprint density at radius 3 is 2.45 bits per heavy atom. The van der Waals surface area contributed by atoms with Crippen molar-refractivity contribution < 1.29 is 19.2 Å². The lowest BCUT2D eigenvalue weighted by atomic mass is 9.59. The average molecular weight is 554 g/mol. The van der Waals surface area contributed by atoms with Gasteiger partial charge >= 0.3 is 5.97 Å². The zero-order chi connectivity index (χ0) is 26.0. The number of piperidine rings is 1. The fraction of sp³-hybridized carbons (Fsp3) is 0.483. The number of carboxylic acids is 1. The molecule has 4 heterocycles. The maximum absolute atomic E-state index is 11.5. The monoisotopic (exact) mass is 553 g/mol. The summed E-state index contributed by atoms with van der Waals surface area (Å²) in [4.78, 5) is 18.4. The van der Waals surface area contributed by atoms with Crippen molar-refractivity contribution in [2.75, 3.05) is 4.90 Å². The molecule has 2 saturated heterocycles. The molecule has 2 aliphatic carbocycles. The zero-order valence-corrected chi connectivity index (χ0v) is 22.4. The molecule has 1 aromatic carbocycles. The molecular formula is C29H29Cl2N3O4. The lowest BCUT2D eigenvalue weighted by Gasteiger charge is -2.55. The summed E-state index contributed by atoms with van der Waals surface area (Å²) in [7, 11) is 0. The number of halogens is 2. The summed E-state index contributed by atoms with van der Waals surface area (Å²) in [6.45, 7) is 0.442. The predicted molar refractivity (Wildman–Crippen MR) is 144 cm³/mol. The highest BCUT2D eigenvalue weighted by atomic mass is 35.5. The van der Waals surface area contributed by atoms with Crippen LogP contribution in [0, 0.1) is 5.41 Å². The van der Waals surface area contributed by atoms with Crippen molar-refractivity contribution in [3.63, 3.8) is 0 Å². The van der Waals surface area contributed by atoms with Crippen molar-refractivity contribution >= 4 is 35.0 Å². The third-order valence-corrected chi connectivity index (χ3v) is 9.60. The van der Waals surface area contributed by atoms with Crippen LogP contribution in [-0.2, 0) is 11.3 Å². The number of benzene rings is 1. The minimum Gasteiger partial charge on any atom is -0.478 e. The Morgan fingerprint density at radius 1 is 1.08 bits per heavy atom. The fourth-order valence-corrected chi connectivity index (χ4v) is 7.69. The molecule has 7 nitrogen and oxygen atoms in total. The summed E-state index contributed by atoms with van der Waals surface area (Å²) in [5.41, 5.74) is 2.96. The largest absolute Gasteiger partial charge is 0.478 e. The number of hydrogen-bond acceptors (Lipinski definition) is 6. The molecule has 2 saturated carbocycles. The molecule has 9 heteroatoms. The molecule has 1 spiro atoms. The van der Waals surface area contributed by atoms with Crippen molar-refractivity contribution in [3.05, 3.63) is 63.5 Å². The van der Waals surface area contributed by atoms with E-state index in [2.05, 4.69) is 15.0 Å². The molecule has 0 amide bonds. The van der Waals surface area contributed by atoms with Crippen LogP contribution in [0.4, 0.5) is 5.82 Å². The molecule has 4 aliphatic rings. The van der Waals surface area contributed by atoms with Crippen molar-refractivity contribution in [2.45, 2.75) is 82.1 Å². The first kappa shape index (κ1) is 24.4. The molecule has 2 unspecified atom stereocenters. The molecule has 2 bridgehead atoms. The summed E-state index contributed by atoms with van der Waals surface area (Å²) >= 11 is 13.0. The van der Waals surface area contributed by atoms with Crippen molar-refractivity contribution in [1.29, 1.82) is 0 Å². The van der Waals surface area contributed by atoms with Crippen LogP contribution in [0.2, 0.25) is 10.0 Å². The summed E-state index contributed by atoms with van der Waals surface area (Å²) in [5.74, 6) is 1.20. The van der Waals surface area contributed by atoms with E-state index in [0.717, 1.165) is 68.5 Å². The standard InChI is InChI=1S/C29H29Cl2N3O4/c30-22-2-1-3-23(31)25(22)26-21(27(38-33-26)16-4-5-16)15-37-20-13-29(14-20)11-18-6-7-19(12-29)34(18)24-10-17(28(35)36)8-9-32-24/h1-3,8-10,16,18-20H,4-7,11-15H2,(H,35,36). The van der Waals surface area contributed by atoms with Crippen LogP contribution in [0.5, 0.6) is 0 Å². The second kappa shape index (κ2) is 9.25. The first-order chi connectivity index (χ1) is 18.4. The number of ether oxygens (including phenoxy) is 1. The van der Waals surface area contributed by atoms with Crippen molar-refractivity contribution in [3.8, 4) is 11.3 Å². The molecule has 2 aliphatic heterocycles. The molecular weight excluding hydrogens is 525 g/mol. The maximum atomic E-state index is 11.5. The van der Waals surface area contributed by atoms with Crippen molar-refractivity contribution in [2.24, 2.45) is 5.41 Å². The molecule has 3 aromatic rings. The van der Waals surface area contributed by atoms with Crippen LogP contribution in [0.3, 0.4) is 0 Å². The number of aromatic nitrogens is 2. The van der Waals surface area contributed by atoms with E-state index >= 15 is 0 Å². The molecule has 198 valence electrons. The highest BCUT2D eigenvalue weighted by molar-refractivity contribution is 6.39. The first-order valence-corrected chi connectivity index (χ1v) is 14.2. The molecule has 1 N–H and O–H groups in total. The molecule has 38 heavy (non-hydrogen) atoms. The Labute approximate surface area is 231 Å². The van der Waals surface area contributed by atoms with E-state index in [4.69, 9.17) is 32.5 Å². The van der Waals surface area contributed by atoms with E-state index in [1.165, 1.54) is 0 Å². The second-order valence-corrected chi connectivity index (χ2v) is 12.3. The van der Waals surface area contributed by atoms with E-state index in [0.29, 0.717) is 56.9 Å². The van der Waals surface area contributed by atoms with Gasteiger partial charge in [0.15, 0.2) is 0 Å². The molecule has 4 fully saturated rings. The van der Waals surface area contributed by atoms with Gasteiger partial charge in [0.05, 0.1) is 28.3 Å². The van der Waals surface area contributed by atoms with Gasteiger partial charge in [-0.1, -0.05) is 34.4 Å². The Morgan fingerprint density at radius 2 is 1.79 bits per heavy atom. The van der Waals surface area contributed by atoms with Gasteiger partial charge in [0.25, 0.3) is 0 Å². The van der Waals surface area contributed by atoms with Crippen LogP contribution in [0.15, 0.2) is 41.1 Å². The zero-order valence-electron chi connectivity index (χ0n) is 20.9. The fourth-order valence-electron chi connectivity index (χ4n) is 7.12. The summed E-state index contributed by atoms with van der Waals surface area (Å²) in [6, 6.07) is 9.56. The van der Waals surface area contributed by atoms with Gasteiger partial charge < -0.3 is 19.3 Å². The summed E-state index contributed by atoms with van der Waals surface area (Å²) in [5, 5.41) is 14.9. The number of pyridine rings is 1. The number of aromatic carboxylic acids is 1. The lowest BCUT2D eigenvalue weighted by molar-refractivity contribution is -0.104. The predicted octanol–water partition coefficient (Wildman–Crippen LogP) is 7.12. The quantitative estimate of drug-likeness (QED) is 0.333. The Hall–Kier alpha value is -2.61. The minimum absolute atomic E-state index is 0.200. The number of nitrogens with zero attached hydrogens (tertiary/aromatic N) is 3. The number of rotatable bonds is 7. The molecule has 2 atom stereocenters. The van der Waals surface area contributed by atoms with Gasteiger partial charge in [-0.05, 0) is 81.0 Å². The van der Waals surface area contributed by atoms with E-state index in [1.54, 1.807) is 18.3 Å². The van der Waals surface area contributed by atoms with E-state index < -0.39 is 5.97 Å². The van der Waals surface area contributed by atoms with E-state index in [-0.39, 0.29) is 6.10 Å². The van der Waals surface area contributed by atoms with Gasteiger partial charge in [0, 0.05) is 35.3 Å². The van der Waals surface area contributed by atoms with Crippen molar-refractivity contribution in [1.82, 2.24) is 10.1 Å². The SMILES string of the molecule is O=C(O)c1ccnc(N2C3CCC2CC2(CC(OCc4c(-c5c(Cl)cccc5Cl)noc4C4CC4)C2)C3)c1. The van der Waals surface area contributed by atoms with Gasteiger partial charge in [0.2, 0.25) is 0 Å². The molecule has 2 aromatic heterocycles. The van der Waals surface area contributed by atoms with E-state index in [1.807, 2.05) is 18.2 Å². The third kappa shape index (κ3) is 4.19. The Bertz CT molecular complexity index is 1360. The van der Waals surface area contributed by atoms with Gasteiger partial charge in [-0.2, -0.15) is 0 Å². The smallest absolute Gasteiger partial charge is 0.335 e. The second-order valence-electron chi connectivity index (χ2n) is 11.5. The summed E-state index contributed by atoms with van der Waals surface area (Å²) < 4.78 is 12.3. The highest BCUT2D eigenvalue weighted by Gasteiger charge is 2.54. The van der Waals surface area contributed by atoms with Gasteiger partial charge in [-0.15, -0.1) is 0 Å². The molecule has 0 radical (unpaired) electrons. The number of anilines is 1. The summed E-state index contributed by atoms with van der Waals surface area (Å²) in [6.07, 6.45) is 10.6. The van der Waals surface area contributed by atoms with Crippen LogP contribution in [-0.4, -0.2) is 39.4 Å². The number of hydrogen-bond donors (Lipinski definition) is 1. The van der Waals surface area contributed by atoms with E-state index in [9.17, 15) is 9.90 Å². The minimum atomic E-state index is -0.911. The normalized spacial score (nSPS) is 28.1. The topological polar surface area (TPSA) is 88.7 Å². The van der Waals surface area contributed by atoms with Gasteiger partial charge in [-0.25, -0.2) is 9.78 Å². The third-order valence-electron chi connectivity index (χ3n) is 8.97. The lowest BCUT2D eigenvalue weighted by Crippen LogP contribution is -2.54. The van der Waals surface area contributed by atoms with Crippen LogP contribution in [0.25, 0.3) is 11.3 Å². The number of carboxylic acid groups (broad SMARTS) is 1. The van der Waals surface area contributed by atoms with Gasteiger partial charge in [-0.3, -0.25) is 0 Å². The molecule has 7 rings (SSSR count). The van der Waals surface area contributed by atoms with Gasteiger partial charge in [0.1, 0.15) is 17.3 Å².